The van der Waals surface area contributed by atoms with Gasteiger partial charge in [-0.3, -0.25) is 14.4 Å². The van der Waals surface area contributed by atoms with Crippen LogP contribution >= 0.6 is 22.7 Å². The van der Waals surface area contributed by atoms with Crippen molar-refractivity contribution >= 4 is 76.1 Å². The predicted molar refractivity (Wildman–Crippen MR) is 327 cm³/mol. The maximum absolute atomic E-state index is 15.7. The smallest absolute Gasteiger partial charge is 0.367 e. The number of hydrogen-bond acceptors (Lipinski definition) is 19. The van der Waals surface area contributed by atoms with Gasteiger partial charge in [0, 0.05) is 60.7 Å². The molecule has 0 unspecified atom stereocenters. The fourth-order valence-electron chi connectivity index (χ4n) is 11.3. The van der Waals surface area contributed by atoms with E-state index in [9.17, 15) is 35.4 Å². The highest BCUT2D eigenvalue weighted by atomic mass is 32.1. The Bertz CT molecular complexity index is 4720. The maximum Gasteiger partial charge on any atom is 0.367 e. The molecule has 0 bridgehead atoms. The van der Waals surface area contributed by atoms with Crippen molar-refractivity contribution < 1.29 is 62.0 Å². The van der Waals surface area contributed by atoms with Crippen LogP contribution in [0.4, 0.5) is 0 Å². The lowest BCUT2D eigenvalue weighted by molar-refractivity contribution is -0.185. The van der Waals surface area contributed by atoms with Gasteiger partial charge >= 0.3 is 35.1 Å². The summed E-state index contributed by atoms with van der Waals surface area (Å²) in [5, 5.41) is 39.3. The van der Waals surface area contributed by atoms with Crippen molar-refractivity contribution in [1.29, 1.82) is 21.0 Å². The summed E-state index contributed by atoms with van der Waals surface area (Å²) >= 11 is 1.99. The second-order valence-electron chi connectivity index (χ2n) is 21.3. The van der Waals surface area contributed by atoms with Gasteiger partial charge in [0.1, 0.15) is 62.2 Å². The van der Waals surface area contributed by atoms with Gasteiger partial charge in [-0.15, -0.1) is 22.7 Å². The van der Waals surface area contributed by atoms with Crippen LogP contribution in [0, 0.1) is 45.3 Å². The Balaban J connectivity index is 1.05. The van der Waals surface area contributed by atoms with Crippen molar-refractivity contribution in [2.24, 2.45) is 0 Å². The first-order valence-corrected chi connectivity index (χ1v) is 29.6. The van der Waals surface area contributed by atoms with Crippen LogP contribution in [0.2, 0.25) is 0 Å². The summed E-state index contributed by atoms with van der Waals surface area (Å²) in [5.41, 5.74) is -3.70. The van der Waals surface area contributed by atoms with E-state index in [-0.39, 0.29) is 131 Å². The van der Waals surface area contributed by atoms with Gasteiger partial charge in [-0.05, 0) is 88.5 Å². The summed E-state index contributed by atoms with van der Waals surface area (Å²) in [6.07, 6.45) is 2.93. The number of fused-ring (bicyclic) bond motifs is 8. The minimum atomic E-state index is -2.90. The number of ether oxygens (including phenoxy) is 6. The largest absolute Gasteiger partial charge is 0.458 e. The number of carbonyl (C=O) groups is 7. The molecule has 0 radical (unpaired) electrons. The Morgan fingerprint density at radius 1 is 0.429 bits per heavy atom. The fourth-order valence-corrected chi connectivity index (χ4v) is 13.4. The zero-order valence-electron chi connectivity index (χ0n) is 47.3. The molecule has 0 fully saturated rings. The highest BCUT2D eigenvalue weighted by molar-refractivity contribution is 7.17. The van der Waals surface area contributed by atoms with E-state index in [4.69, 9.17) is 28.4 Å². The zero-order valence-corrected chi connectivity index (χ0v) is 48.9. The van der Waals surface area contributed by atoms with Crippen molar-refractivity contribution in [3.05, 3.63) is 269 Å². The lowest BCUT2D eigenvalue weighted by atomic mass is 9.78. The molecule has 17 nitrogen and oxygen atoms in total. The topological polar surface area (TPSA) is 270 Å². The summed E-state index contributed by atoms with van der Waals surface area (Å²) in [6.45, 7) is -1.48. The van der Waals surface area contributed by atoms with Crippen molar-refractivity contribution in [1.82, 2.24) is 0 Å². The minimum absolute atomic E-state index is 0.0162. The Morgan fingerprint density at radius 3 is 1.13 bits per heavy atom. The van der Waals surface area contributed by atoms with Gasteiger partial charge in [0.2, 0.25) is 0 Å². The fraction of sp³-hybridized carbons (Fsp3) is 0.0972. The monoisotopic (exact) mass is 1230 g/mol. The molecule has 0 amide bonds. The second-order valence-corrected chi connectivity index (χ2v) is 23.4. The molecule has 4 aliphatic rings. The van der Waals surface area contributed by atoms with E-state index in [2.05, 4.69) is 0 Å². The van der Waals surface area contributed by atoms with Crippen LogP contribution in [0.15, 0.2) is 181 Å². The zero-order chi connectivity index (χ0) is 63.1. The molecule has 0 spiro atoms. The van der Waals surface area contributed by atoms with E-state index >= 15 is 19.2 Å². The summed E-state index contributed by atoms with van der Waals surface area (Å²) in [7, 11) is 0. The molecular weight excluding hydrogens is 1190 g/mol. The van der Waals surface area contributed by atoms with Gasteiger partial charge in [0.25, 0.3) is 0 Å². The van der Waals surface area contributed by atoms with Gasteiger partial charge in [-0.1, -0.05) is 121 Å². The van der Waals surface area contributed by atoms with E-state index < -0.39 is 52.4 Å². The second kappa shape index (κ2) is 23.5. The number of esters is 4. The van der Waals surface area contributed by atoms with Gasteiger partial charge in [-0.2, -0.15) is 21.0 Å². The summed E-state index contributed by atoms with van der Waals surface area (Å²) < 4.78 is 38.1. The maximum atomic E-state index is 15.7. The number of hydrogen-bond donors (Lipinski definition) is 0. The van der Waals surface area contributed by atoms with E-state index in [1.54, 1.807) is 127 Å². The molecule has 7 aromatic carbocycles. The molecule has 91 heavy (non-hydrogen) atoms. The average Bonchev–Trinajstić information content (AvgIpc) is 1.65. The first-order valence-electron chi connectivity index (χ1n) is 28.0. The first-order chi connectivity index (χ1) is 44.2. The van der Waals surface area contributed by atoms with E-state index in [1.165, 1.54) is 54.6 Å². The third-order valence-corrected chi connectivity index (χ3v) is 17.9. The number of Topliss-reactive ketones (excluding diaryl/α,β-unsaturated/α-hetero) is 3. The van der Waals surface area contributed by atoms with Crippen LogP contribution < -0.4 is 9.47 Å². The van der Waals surface area contributed by atoms with Gasteiger partial charge < -0.3 is 28.4 Å². The third kappa shape index (κ3) is 10.2. The molecule has 2 aliphatic carbocycles. The first kappa shape index (κ1) is 57.9. The number of benzene rings is 7. The number of thiophene rings is 2. The Morgan fingerprint density at radius 2 is 0.769 bits per heavy atom. The van der Waals surface area contributed by atoms with Crippen LogP contribution in [-0.4, -0.2) is 41.2 Å². The Hall–Kier alpha value is -12.1. The van der Waals surface area contributed by atoms with Crippen molar-refractivity contribution in [3.8, 4) is 56.7 Å². The van der Waals surface area contributed by atoms with Crippen molar-refractivity contribution in [3.63, 3.8) is 0 Å². The van der Waals surface area contributed by atoms with Crippen LogP contribution in [0.3, 0.4) is 0 Å². The standard InChI is InChI=1S/C72H40N4O13S2/c73-32-46-22-44-21-45(62(77)52(44)24-47(46)33-74)23-50-28-60-65(90-50)55-30-59-56(31-58(55)71(88-60,67(80)84-36-40-13-5-1-6-14-40)68(81)85-37-41-15-7-2-8-16-41)66-61(29-51(91-66)27-57-63(78)53-25-48(34-75)49(35-76)26-54(53)64(57)79)89-72(59,69(82)86-38-42-17-9-3-10-18-42)70(83)87-39-43-19-11-4-12-20-43/h1-20,22-31H,21,36-39H2/b45-23+. The highest BCUT2D eigenvalue weighted by Gasteiger charge is 2.62. The Kier molecular flexibility index (Phi) is 15.0. The SMILES string of the molecule is N#Cc1cc2c(cc1C#N)C(=O)/C(=C/c1cc3c(s1)-c1cc4c(cc1C(C(=O)OCc1ccccc1)(C(=O)OCc1ccccc1)O3)-c1sc(C=C3C(=O)c5cc(C#N)c(C#N)cc5C3=O)cc1OC4(C(=O)OCc1ccccc1)C(=O)OCc1ccccc1)C2. The predicted octanol–water partition coefficient (Wildman–Crippen LogP) is 12.1. The van der Waals surface area contributed by atoms with E-state index in [1.807, 2.05) is 24.3 Å². The summed E-state index contributed by atoms with van der Waals surface area (Å²) in [4.78, 5) is 106. The molecule has 2 aliphatic heterocycles. The van der Waals surface area contributed by atoms with E-state index in [0.29, 0.717) is 32.7 Å². The van der Waals surface area contributed by atoms with E-state index in [0.717, 1.165) is 22.7 Å². The molecule has 2 aromatic heterocycles. The summed E-state index contributed by atoms with van der Waals surface area (Å²) in [6, 6.07) is 53.2. The quantitative estimate of drug-likeness (QED) is 0.0322. The van der Waals surface area contributed by atoms with Gasteiger partial charge in [0.05, 0.1) is 37.6 Å². The number of ketones is 3. The van der Waals surface area contributed by atoms with Crippen molar-refractivity contribution in [2.45, 2.75) is 44.1 Å². The molecule has 0 N–H and O–H groups in total. The number of carbonyl (C=O) groups excluding carboxylic acids is 7. The van der Waals surface area contributed by atoms with Gasteiger partial charge in [0.15, 0.2) is 17.3 Å². The number of nitrogens with zero attached hydrogens (tertiary/aromatic N) is 4. The number of rotatable bonds is 14. The molecule has 438 valence electrons. The van der Waals surface area contributed by atoms with Crippen LogP contribution in [0.25, 0.3) is 33.0 Å². The third-order valence-electron chi connectivity index (χ3n) is 15.7. The number of allylic oxidation sites excluding steroid dienone is 2. The lowest BCUT2D eigenvalue weighted by Crippen LogP contribution is -2.54. The van der Waals surface area contributed by atoms with Crippen LogP contribution in [0.1, 0.15) is 102 Å². The average molecular weight is 1230 g/mol. The van der Waals surface area contributed by atoms with Crippen LogP contribution in [0.5, 0.6) is 11.5 Å². The molecule has 0 atom stereocenters. The number of nitriles is 4. The molecule has 0 saturated carbocycles. The molecule has 13 rings (SSSR count). The van der Waals surface area contributed by atoms with Gasteiger partial charge in [-0.25, -0.2) is 19.2 Å². The van der Waals surface area contributed by atoms with Crippen LogP contribution in [-0.2, 0) is 82.2 Å². The van der Waals surface area contributed by atoms with Crippen molar-refractivity contribution in [2.75, 3.05) is 0 Å². The molecule has 0 saturated heterocycles. The molecule has 19 heteroatoms. The Labute approximate surface area is 525 Å². The summed E-state index contributed by atoms with van der Waals surface area (Å²) in [5.74, 6) is -7.20. The highest BCUT2D eigenvalue weighted by Crippen LogP contribution is 2.58. The lowest BCUT2D eigenvalue weighted by Gasteiger charge is -2.39. The molecular formula is C72H40N4O13S2. The molecule has 4 heterocycles. The normalized spacial score (nSPS) is 14.4. The molecule has 9 aromatic rings. The minimum Gasteiger partial charge on any atom is -0.458 e.